The van der Waals surface area contributed by atoms with Gasteiger partial charge in [-0.3, -0.25) is 0 Å². The van der Waals surface area contributed by atoms with Crippen molar-refractivity contribution in [3.05, 3.63) is 22.8 Å². The molecule has 0 N–H and O–H groups in total. The Balaban J connectivity index is 1.85. The molecule has 0 aromatic carbocycles. The minimum Gasteiger partial charge on any atom is -0.356 e. The monoisotopic (exact) mass is 262 g/mol. The van der Waals surface area contributed by atoms with Gasteiger partial charge in [0, 0.05) is 13.1 Å². The van der Waals surface area contributed by atoms with E-state index in [1.807, 2.05) is 4.90 Å². The lowest BCUT2D eigenvalue weighted by atomic mass is 10.2. The Bertz CT molecular complexity index is 451. The van der Waals surface area contributed by atoms with E-state index < -0.39 is 16.9 Å². The second kappa shape index (κ2) is 3.51. The molecule has 92 valence electrons. The van der Waals surface area contributed by atoms with E-state index in [9.17, 15) is 13.2 Å². The van der Waals surface area contributed by atoms with Crippen molar-refractivity contribution in [2.24, 2.45) is 11.8 Å². The number of piperidine rings is 1. The predicted molar refractivity (Wildman–Crippen MR) is 58.1 cm³/mol. The molecule has 1 saturated carbocycles. The van der Waals surface area contributed by atoms with Crippen molar-refractivity contribution in [3.63, 3.8) is 0 Å². The number of halogens is 4. The molecule has 1 aromatic heterocycles. The van der Waals surface area contributed by atoms with Crippen molar-refractivity contribution >= 4 is 17.4 Å². The molecule has 3 rings (SSSR count). The summed E-state index contributed by atoms with van der Waals surface area (Å²) < 4.78 is 37.5. The predicted octanol–water partition coefficient (Wildman–Crippen LogP) is 3.21. The summed E-state index contributed by atoms with van der Waals surface area (Å²) in [4.78, 5) is 5.85. The van der Waals surface area contributed by atoms with Gasteiger partial charge < -0.3 is 4.90 Å². The Morgan fingerprint density at radius 3 is 2.41 bits per heavy atom. The quantitative estimate of drug-likeness (QED) is 0.723. The number of fused-ring (bicyclic) bond motifs is 1. The van der Waals surface area contributed by atoms with Gasteiger partial charge in [0.2, 0.25) is 0 Å². The molecule has 2 nitrogen and oxygen atoms in total. The molecule has 2 fully saturated rings. The zero-order valence-electron chi connectivity index (χ0n) is 8.84. The SMILES string of the molecule is FC(F)(F)c1ccc(N2CC3CC3C2)nc1Cl. The van der Waals surface area contributed by atoms with Crippen LogP contribution in [0.5, 0.6) is 0 Å². The fraction of sp³-hybridized carbons (Fsp3) is 0.545. The van der Waals surface area contributed by atoms with Crippen LogP contribution in [-0.2, 0) is 6.18 Å². The molecule has 0 spiro atoms. The molecule has 6 heteroatoms. The van der Waals surface area contributed by atoms with Crippen molar-refractivity contribution in [1.29, 1.82) is 0 Å². The summed E-state index contributed by atoms with van der Waals surface area (Å²) in [5.41, 5.74) is -0.868. The Labute approximate surface area is 101 Å². The average molecular weight is 263 g/mol. The number of alkyl halides is 3. The van der Waals surface area contributed by atoms with Crippen molar-refractivity contribution < 1.29 is 13.2 Å². The molecule has 0 radical (unpaired) electrons. The van der Waals surface area contributed by atoms with E-state index in [1.165, 1.54) is 12.5 Å². The molecule has 0 amide bonds. The lowest BCUT2D eigenvalue weighted by molar-refractivity contribution is -0.137. The molecule has 1 aliphatic carbocycles. The first-order valence-electron chi connectivity index (χ1n) is 5.44. The van der Waals surface area contributed by atoms with E-state index in [-0.39, 0.29) is 0 Å². The zero-order chi connectivity index (χ0) is 12.2. The van der Waals surface area contributed by atoms with Crippen LogP contribution >= 0.6 is 11.6 Å². The molecular formula is C11H10ClF3N2. The van der Waals surface area contributed by atoms with E-state index in [0.29, 0.717) is 17.7 Å². The third-order valence-corrected chi connectivity index (χ3v) is 3.73. The molecule has 1 saturated heterocycles. The van der Waals surface area contributed by atoms with Crippen LogP contribution in [0.2, 0.25) is 5.15 Å². The smallest absolute Gasteiger partial charge is 0.356 e. The Hall–Kier alpha value is -0.970. The van der Waals surface area contributed by atoms with E-state index in [4.69, 9.17) is 11.6 Å². The van der Waals surface area contributed by atoms with Crippen LogP contribution < -0.4 is 4.90 Å². The molecule has 2 aliphatic rings. The van der Waals surface area contributed by atoms with Crippen LogP contribution in [0.3, 0.4) is 0 Å². The minimum absolute atomic E-state index is 0.462. The van der Waals surface area contributed by atoms with Crippen LogP contribution in [0.1, 0.15) is 12.0 Å². The van der Waals surface area contributed by atoms with Gasteiger partial charge in [-0.1, -0.05) is 11.6 Å². The molecule has 2 heterocycles. The highest BCUT2D eigenvalue weighted by Crippen LogP contribution is 2.46. The number of hydrogen-bond donors (Lipinski definition) is 0. The first kappa shape index (κ1) is 11.1. The highest BCUT2D eigenvalue weighted by Gasteiger charge is 2.45. The number of aromatic nitrogens is 1. The van der Waals surface area contributed by atoms with Gasteiger partial charge in [0.15, 0.2) is 0 Å². The van der Waals surface area contributed by atoms with Gasteiger partial charge in [0.1, 0.15) is 11.0 Å². The lowest BCUT2D eigenvalue weighted by Gasteiger charge is -2.20. The maximum absolute atomic E-state index is 12.5. The van der Waals surface area contributed by atoms with E-state index in [0.717, 1.165) is 19.2 Å². The maximum Gasteiger partial charge on any atom is 0.419 e. The van der Waals surface area contributed by atoms with E-state index in [2.05, 4.69) is 4.98 Å². The van der Waals surface area contributed by atoms with Gasteiger partial charge >= 0.3 is 6.18 Å². The highest BCUT2D eigenvalue weighted by atomic mass is 35.5. The molecule has 0 bridgehead atoms. The summed E-state index contributed by atoms with van der Waals surface area (Å²) in [6, 6.07) is 2.41. The van der Waals surface area contributed by atoms with Gasteiger partial charge in [-0.2, -0.15) is 13.2 Å². The van der Waals surface area contributed by atoms with Gasteiger partial charge in [-0.15, -0.1) is 0 Å². The summed E-state index contributed by atoms with van der Waals surface area (Å²) in [6.07, 6.45) is -3.19. The van der Waals surface area contributed by atoms with Crippen molar-refractivity contribution in [2.75, 3.05) is 18.0 Å². The number of rotatable bonds is 1. The van der Waals surface area contributed by atoms with Crippen LogP contribution in [0.25, 0.3) is 0 Å². The summed E-state index contributed by atoms with van der Waals surface area (Å²) in [6.45, 7) is 1.78. The van der Waals surface area contributed by atoms with Gasteiger partial charge in [-0.25, -0.2) is 4.98 Å². The van der Waals surface area contributed by atoms with Crippen LogP contribution in [0, 0.1) is 11.8 Å². The Morgan fingerprint density at radius 2 is 1.88 bits per heavy atom. The number of nitrogens with zero attached hydrogens (tertiary/aromatic N) is 2. The highest BCUT2D eigenvalue weighted by molar-refractivity contribution is 6.30. The van der Waals surface area contributed by atoms with Crippen molar-refractivity contribution in [2.45, 2.75) is 12.6 Å². The minimum atomic E-state index is -4.43. The number of anilines is 1. The summed E-state index contributed by atoms with van der Waals surface area (Å²) in [5.74, 6) is 1.96. The van der Waals surface area contributed by atoms with Gasteiger partial charge in [-0.05, 0) is 30.4 Å². The summed E-state index contributed by atoms with van der Waals surface area (Å²) in [7, 11) is 0. The topological polar surface area (TPSA) is 16.1 Å². The van der Waals surface area contributed by atoms with E-state index in [1.54, 1.807) is 0 Å². The third kappa shape index (κ3) is 1.97. The van der Waals surface area contributed by atoms with Crippen LogP contribution in [0.15, 0.2) is 12.1 Å². The molecule has 17 heavy (non-hydrogen) atoms. The first-order valence-corrected chi connectivity index (χ1v) is 5.81. The average Bonchev–Trinajstić information content (AvgIpc) is 2.84. The first-order chi connectivity index (χ1) is 7.95. The van der Waals surface area contributed by atoms with E-state index >= 15 is 0 Å². The standard InChI is InChI=1S/C11H10ClF3N2/c12-10-8(11(13,14)15)1-2-9(16-10)17-4-6-3-7(6)5-17/h1-2,6-7H,3-5H2. The zero-order valence-corrected chi connectivity index (χ0v) is 9.59. The van der Waals surface area contributed by atoms with Crippen molar-refractivity contribution in [1.82, 2.24) is 4.98 Å². The van der Waals surface area contributed by atoms with Crippen molar-refractivity contribution in [3.8, 4) is 0 Å². The fourth-order valence-corrected chi connectivity index (χ4v) is 2.65. The Kier molecular flexibility index (Phi) is 2.30. The molecule has 2 unspecified atom stereocenters. The summed E-state index contributed by atoms with van der Waals surface area (Å²) in [5, 5.41) is -0.462. The normalized spacial score (nSPS) is 27.2. The lowest BCUT2D eigenvalue weighted by Crippen LogP contribution is -2.23. The molecule has 2 atom stereocenters. The second-order valence-electron chi connectivity index (χ2n) is 4.67. The van der Waals surface area contributed by atoms with Gasteiger partial charge in [0.05, 0.1) is 5.56 Å². The Morgan fingerprint density at radius 1 is 1.24 bits per heavy atom. The largest absolute Gasteiger partial charge is 0.419 e. The molecular weight excluding hydrogens is 253 g/mol. The van der Waals surface area contributed by atoms with Gasteiger partial charge in [0.25, 0.3) is 0 Å². The molecule has 1 aromatic rings. The summed E-state index contributed by atoms with van der Waals surface area (Å²) >= 11 is 5.58. The second-order valence-corrected chi connectivity index (χ2v) is 5.02. The number of pyridine rings is 1. The molecule has 1 aliphatic heterocycles. The van der Waals surface area contributed by atoms with Crippen LogP contribution in [-0.4, -0.2) is 18.1 Å². The van der Waals surface area contributed by atoms with Crippen LogP contribution in [0.4, 0.5) is 19.0 Å². The number of hydrogen-bond acceptors (Lipinski definition) is 2. The fourth-order valence-electron chi connectivity index (χ4n) is 2.40. The maximum atomic E-state index is 12.5. The third-order valence-electron chi connectivity index (χ3n) is 3.44.